The van der Waals surface area contributed by atoms with E-state index < -0.39 is 11.8 Å². The van der Waals surface area contributed by atoms with Gasteiger partial charge in [0.15, 0.2) is 18.3 Å². The van der Waals surface area contributed by atoms with E-state index in [0.29, 0.717) is 5.82 Å². The number of hydrogen-bond acceptors (Lipinski definition) is 4. The minimum Gasteiger partial charge on any atom is -0.458 e. The fraction of sp³-hybridized carbons (Fsp3) is 0.250. The lowest BCUT2D eigenvalue weighted by Crippen LogP contribution is -2.05. The summed E-state index contributed by atoms with van der Waals surface area (Å²) in [5.74, 6) is -0.358. The zero-order valence-corrected chi connectivity index (χ0v) is 11.1. The molecule has 2 aromatic rings. The Morgan fingerprint density at radius 3 is 2.89 bits per heavy atom. The van der Waals surface area contributed by atoms with Crippen LogP contribution in [-0.4, -0.2) is 20.7 Å². The smallest absolute Gasteiger partial charge is 0.303 e. The Morgan fingerprint density at radius 2 is 2.26 bits per heavy atom. The Morgan fingerprint density at radius 1 is 1.53 bits per heavy atom. The van der Waals surface area contributed by atoms with Crippen LogP contribution in [0.25, 0.3) is 11.4 Å². The van der Waals surface area contributed by atoms with E-state index >= 15 is 0 Å². The van der Waals surface area contributed by atoms with Gasteiger partial charge in [-0.1, -0.05) is 17.7 Å². The molecule has 19 heavy (non-hydrogen) atoms. The standard InChI is InChI=1S/C12H11ClFN3O2/c1-7(18)19-6-10-15-12(16-17(10)2)11-8(13)4-3-5-9(11)14/h3-5H,6H2,1-2H3. The molecule has 0 bridgehead atoms. The summed E-state index contributed by atoms with van der Waals surface area (Å²) >= 11 is 5.94. The monoisotopic (exact) mass is 283 g/mol. The molecule has 1 aromatic carbocycles. The minimum absolute atomic E-state index is 0.0229. The molecule has 0 amide bonds. The van der Waals surface area contributed by atoms with Gasteiger partial charge < -0.3 is 4.74 Å². The number of rotatable bonds is 3. The highest BCUT2D eigenvalue weighted by molar-refractivity contribution is 6.33. The lowest BCUT2D eigenvalue weighted by atomic mass is 10.2. The van der Waals surface area contributed by atoms with Crippen LogP contribution in [0.1, 0.15) is 12.7 Å². The number of aryl methyl sites for hydroxylation is 1. The van der Waals surface area contributed by atoms with Crippen molar-refractivity contribution in [3.63, 3.8) is 0 Å². The number of halogens is 2. The van der Waals surface area contributed by atoms with Crippen molar-refractivity contribution in [3.05, 3.63) is 34.9 Å². The van der Waals surface area contributed by atoms with E-state index in [4.69, 9.17) is 16.3 Å². The molecule has 100 valence electrons. The summed E-state index contributed by atoms with van der Waals surface area (Å²) < 4.78 is 20.0. The largest absolute Gasteiger partial charge is 0.458 e. The molecule has 2 rings (SSSR count). The third-order valence-corrected chi connectivity index (χ3v) is 2.76. The van der Waals surface area contributed by atoms with Crippen molar-refractivity contribution in [1.29, 1.82) is 0 Å². The molecule has 0 atom stereocenters. The predicted octanol–water partition coefficient (Wildman–Crippen LogP) is 2.34. The third kappa shape index (κ3) is 2.90. The third-order valence-electron chi connectivity index (χ3n) is 2.44. The van der Waals surface area contributed by atoms with E-state index in [-0.39, 0.29) is 23.0 Å². The first-order valence-electron chi connectivity index (χ1n) is 5.46. The highest BCUT2D eigenvalue weighted by Crippen LogP contribution is 2.28. The first kappa shape index (κ1) is 13.5. The minimum atomic E-state index is -0.503. The van der Waals surface area contributed by atoms with Crippen LogP contribution >= 0.6 is 11.6 Å². The van der Waals surface area contributed by atoms with Gasteiger partial charge in [0.05, 0.1) is 10.6 Å². The molecule has 7 heteroatoms. The molecule has 1 heterocycles. The second-order valence-corrected chi connectivity index (χ2v) is 4.26. The second-order valence-electron chi connectivity index (χ2n) is 3.85. The summed E-state index contributed by atoms with van der Waals surface area (Å²) in [7, 11) is 1.63. The number of ether oxygens (including phenoxy) is 1. The maximum absolute atomic E-state index is 13.7. The summed E-state index contributed by atoms with van der Waals surface area (Å²) in [6, 6.07) is 4.34. The van der Waals surface area contributed by atoms with Gasteiger partial charge in [-0.3, -0.25) is 4.79 Å². The Balaban J connectivity index is 2.36. The highest BCUT2D eigenvalue weighted by atomic mass is 35.5. The van der Waals surface area contributed by atoms with E-state index in [1.807, 2.05) is 0 Å². The number of benzene rings is 1. The van der Waals surface area contributed by atoms with Crippen LogP contribution < -0.4 is 0 Å². The number of carbonyl (C=O) groups excluding carboxylic acids is 1. The molecule has 0 saturated carbocycles. The number of esters is 1. The number of carbonyl (C=O) groups is 1. The van der Waals surface area contributed by atoms with Gasteiger partial charge in [-0.05, 0) is 12.1 Å². The van der Waals surface area contributed by atoms with Crippen LogP contribution in [0.15, 0.2) is 18.2 Å². The van der Waals surface area contributed by atoms with Crippen LogP contribution in [0.3, 0.4) is 0 Å². The first-order valence-corrected chi connectivity index (χ1v) is 5.84. The van der Waals surface area contributed by atoms with Gasteiger partial charge in [-0.15, -0.1) is 0 Å². The fourth-order valence-electron chi connectivity index (χ4n) is 1.53. The van der Waals surface area contributed by atoms with Crippen molar-refractivity contribution >= 4 is 17.6 Å². The summed E-state index contributed by atoms with van der Waals surface area (Å²) in [4.78, 5) is 14.9. The van der Waals surface area contributed by atoms with Crippen LogP contribution in [0.4, 0.5) is 4.39 Å². The van der Waals surface area contributed by atoms with Crippen LogP contribution in [0.5, 0.6) is 0 Å². The van der Waals surface area contributed by atoms with E-state index in [9.17, 15) is 9.18 Å². The summed E-state index contributed by atoms with van der Waals surface area (Å²) in [6.45, 7) is 1.27. The van der Waals surface area contributed by atoms with Crippen molar-refractivity contribution in [2.24, 2.45) is 7.05 Å². The molecule has 0 aliphatic carbocycles. The topological polar surface area (TPSA) is 57.0 Å². The zero-order chi connectivity index (χ0) is 14.0. The number of hydrogen-bond donors (Lipinski definition) is 0. The zero-order valence-electron chi connectivity index (χ0n) is 10.4. The Bertz CT molecular complexity index is 607. The Labute approximate surface area is 114 Å². The summed E-state index contributed by atoms with van der Waals surface area (Å²) in [6.07, 6.45) is 0. The Hall–Kier alpha value is -1.95. The summed E-state index contributed by atoms with van der Waals surface area (Å²) in [5.41, 5.74) is 0.133. The van der Waals surface area contributed by atoms with Crippen LogP contribution in [0.2, 0.25) is 5.02 Å². The maximum atomic E-state index is 13.7. The van der Waals surface area contributed by atoms with Crippen molar-refractivity contribution in [2.45, 2.75) is 13.5 Å². The van der Waals surface area contributed by atoms with Gasteiger partial charge in [0.1, 0.15) is 5.82 Å². The predicted molar refractivity (Wildman–Crippen MR) is 66.9 cm³/mol. The number of nitrogens with zero attached hydrogens (tertiary/aromatic N) is 3. The fourth-order valence-corrected chi connectivity index (χ4v) is 1.77. The van der Waals surface area contributed by atoms with Crippen molar-refractivity contribution in [1.82, 2.24) is 14.8 Å². The first-order chi connectivity index (χ1) is 8.99. The van der Waals surface area contributed by atoms with Gasteiger partial charge in [-0.25, -0.2) is 14.1 Å². The number of aromatic nitrogens is 3. The Kier molecular flexibility index (Phi) is 3.80. The maximum Gasteiger partial charge on any atom is 0.303 e. The molecule has 5 nitrogen and oxygen atoms in total. The molecule has 0 unspecified atom stereocenters. The lowest BCUT2D eigenvalue weighted by Gasteiger charge is -2.00. The molecule has 0 spiro atoms. The molecule has 1 aromatic heterocycles. The van der Waals surface area contributed by atoms with Gasteiger partial charge in [0.25, 0.3) is 0 Å². The molecule has 0 saturated heterocycles. The van der Waals surface area contributed by atoms with Crippen LogP contribution in [0, 0.1) is 5.82 Å². The van der Waals surface area contributed by atoms with Crippen LogP contribution in [-0.2, 0) is 23.2 Å². The molecule has 0 aliphatic heterocycles. The molecular weight excluding hydrogens is 273 g/mol. The van der Waals surface area contributed by atoms with Gasteiger partial charge in [0.2, 0.25) is 0 Å². The molecule has 0 radical (unpaired) electrons. The molecule has 0 aliphatic rings. The SMILES string of the molecule is CC(=O)OCc1nc(-c2c(F)cccc2Cl)nn1C. The van der Waals surface area contributed by atoms with Gasteiger partial charge >= 0.3 is 5.97 Å². The second kappa shape index (κ2) is 5.36. The van der Waals surface area contributed by atoms with Crippen molar-refractivity contribution in [3.8, 4) is 11.4 Å². The molecular formula is C12H11ClFN3O2. The summed E-state index contributed by atoms with van der Waals surface area (Å²) in [5, 5.41) is 4.30. The molecule has 0 N–H and O–H groups in total. The molecule has 0 fully saturated rings. The van der Waals surface area contributed by atoms with Crippen molar-refractivity contribution < 1.29 is 13.9 Å². The average Bonchev–Trinajstić information content (AvgIpc) is 2.67. The lowest BCUT2D eigenvalue weighted by molar-refractivity contribution is -0.142. The highest BCUT2D eigenvalue weighted by Gasteiger charge is 2.16. The van der Waals surface area contributed by atoms with Crippen molar-refractivity contribution in [2.75, 3.05) is 0 Å². The quantitative estimate of drug-likeness (QED) is 0.811. The average molecular weight is 284 g/mol. The van der Waals surface area contributed by atoms with E-state index in [1.54, 1.807) is 13.1 Å². The van der Waals surface area contributed by atoms with Gasteiger partial charge in [-0.2, -0.15) is 5.10 Å². The van der Waals surface area contributed by atoms with E-state index in [1.165, 1.54) is 23.7 Å². The normalized spacial score (nSPS) is 10.5. The van der Waals surface area contributed by atoms with E-state index in [0.717, 1.165) is 0 Å². The van der Waals surface area contributed by atoms with Gasteiger partial charge in [0, 0.05) is 14.0 Å². The van der Waals surface area contributed by atoms with E-state index in [2.05, 4.69) is 10.1 Å².